The fourth-order valence-corrected chi connectivity index (χ4v) is 5.83. The van der Waals surface area contributed by atoms with Gasteiger partial charge in [-0.1, -0.05) is 19.8 Å². The van der Waals surface area contributed by atoms with E-state index in [1.165, 1.54) is 29.7 Å². The molecule has 0 N–H and O–H groups in total. The number of rotatable bonds is 2. The van der Waals surface area contributed by atoms with Crippen LogP contribution < -0.4 is 0 Å². The third kappa shape index (κ3) is 3.35. The van der Waals surface area contributed by atoms with Crippen molar-refractivity contribution in [2.45, 2.75) is 51.9 Å². The first-order chi connectivity index (χ1) is 12.1. The van der Waals surface area contributed by atoms with Gasteiger partial charge in [0.15, 0.2) is 0 Å². The van der Waals surface area contributed by atoms with Gasteiger partial charge in [0.1, 0.15) is 0 Å². The van der Waals surface area contributed by atoms with E-state index in [1.54, 1.807) is 11.3 Å². The Hall–Kier alpha value is -1.36. The first-order valence-electron chi connectivity index (χ1n) is 9.80. The number of nitrogens with zero attached hydrogens (tertiary/aromatic N) is 2. The molecule has 1 aliphatic heterocycles. The maximum atomic E-state index is 13.0. The number of carbonyl (C=O) groups is 2. The molecule has 25 heavy (non-hydrogen) atoms. The summed E-state index contributed by atoms with van der Waals surface area (Å²) in [6.07, 6.45) is 7.84. The summed E-state index contributed by atoms with van der Waals surface area (Å²) in [6.45, 7) is 5.05. The summed E-state index contributed by atoms with van der Waals surface area (Å²) in [5.41, 5.74) is 2.24. The van der Waals surface area contributed by atoms with Crippen LogP contribution in [0.1, 0.15) is 59.8 Å². The fourth-order valence-electron chi connectivity index (χ4n) is 4.59. The molecule has 1 aromatic rings. The molecule has 2 heterocycles. The predicted molar refractivity (Wildman–Crippen MR) is 99.9 cm³/mol. The smallest absolute Gasteiger partial charge is 0.255 e. The van der Waals surface area contributed by atoms with Crippen molar-refractivity contribution in [3.8, 4) is 0 Å². The Bertz CT molecular complexity index is 655. The van der Waals surface area contributed by atoms with Crippen molar-refractivity contribution in [1.82, 2.24) is 9.80 Å². The van der Waals surface area contributed by atoms with E-state index in [2.05, 4.69) is 12.3 Å². The van der Waals surface area contributed by atoms with Crippen molar-refractivity contribution < 1.29 is 9.59 Å². The van der Waals surface area contributed by atoms with Gasteiger partial charge < -0.3 is 9.80 Å². The van der Waals surface area contributed by atoms with E-state index in [9.17, 15) is 9.59 Å². The highest BCUT2D eigenvalue weighted by Crippen LogP contribution is 2.33. The number of thiophene rings is 1. The standard InChI is InChI=1S/C20H28N2O2S/c1-14-6-7-16-17(13-25-18(16)12-14)20(24)22-10-8-21(9-11-22)19(23)15-4-2-3-5-15/h13-15H,2-12H2,1H3. The highest BCUT2D eigenvalue weighted by atomic mass is 32.1. The molecule has 1 saturated carbocycles. The lowest BCUT2D eigenvalue weighted by atomic mass is 9.88. The molecule has 2 amide bonds. The third-order valence-corrected chi connectivity index (χ3v) is 7.27. The molecule has 0 spiro atoms. The molecule has 136 valence electrons. The molecule has 1 atom stereocenters. The Balaban J connectivity index is 1.38. The second kappa shape index (κ2) is 7.10. The van der Waals surface area contributed by atoms with Crippen molar-refractivity contribution in [2.24, 2.45) is 11.8 Å². The van der Waals surface area contributed by atoms with Gasteiger partial charge in [-0.05, 0) is 43.6 Å². The summed E-state index contributed by atoms with van der Waals surface area (Å²) < 4.78 is 0. The molecule has 4 rings (SSSR count). The molecular formula is C20H28N2O2S. The lowest BCUT2D eigenvalue weighted by Crippen LogP contribution is -2.51. The molecule has 4 nitrogen and oxygen atoms in total. The summed E-state index contributed by atoms with van der Waals surface area (Å²) in [5.74, 6) is 1.49. The largest absolute Gasteiger partial charge is 0.339 e. The highest BCUT2D eigenvalue weighted by Gasteiger charge is 2.32. The van der Waals surface area contributed by atoms with Crippen molar-refractivity contribution in [2.75, 3.05) is 26.2 Å². The summed E-state index contributed by atoms with van der Waals surface area (Å²) in [7, 11) is 0. The number of piperazine rings is 1. The second-order valence-electron chi connectivity index (χ2n) is 8.00. The summed E-state index contributed by atoms with van der Waals surface area (Å²) in [5, 5.41) is 2.07. The van der Waals surface area contributed by atoms with Gasteiger partial charge in [0.2, 0.25) is 5.91 Å². The third-order valence-electron chi connectivity index (χ3n) is 6.22. The van der Waals surface area contributed by atoms with Gasteiger partial charge in [-0.25, -0.2) is 0 Å². The van der Waals surface area contributed by atoms with E-state index in [1.807, 2.05) is 9.80 Å². The fraction of sp³-hybridized carbons (Fsp3) is 0.700. The molecule has 1 saturated heterocycles. The molecule has 5 heteroatoms. The van der Waals surface area contributed by atoms with Gasteiger partial charge in [0.05, 0.1) is 5.56 Å². The van der Waals surface area contributed by atoms with Gasteiger partial charge in [-0.15, -0.1) is 11.3 Å². The van der Waals surface area contributed by atoms with Crippen molar-refractivity contribution in [3.05, 3.63) is 21.4 Å². The number of hydrogen-bond acceptors (Lipinski definition) is 3. The minimum Gasteiger partial charge on any atom is -0.339 e. The zero-order valence-electron chi connectivity index (χ0n) is 15.1. The average molecular weight is 361 g/mol. The zero-order valence-corrected chi connectivity index (χ0v) is 15.9. The second-order valence-corrected chi connectivity index (χ2v) is 8.96. The van der Waals surface area contributed by atoms with E-state index in [-0.39, 0.29) is 11.8 Å². The topological polar surface area (TPSA) is 40.6 Å². The van der Waals surface area contributed by atoms with Crippen LogP contribution in [0.15, 0.2) is 5.38 Å². The molecule has 2 fully saturated rings. The Labute approximate surface area is 154 Å². The molecular weight excluding hydrogens is 332 g/mol. The summed E-state index contributed by atoms with van der Waals surface area (Å²) in [6, 6.07) is 0. The zero-order chi connectivity index (χ0) is 17.4. The maximum absolute atomic E-state index is 13.0. The lowest BCUT2D eigenvalue weighted by molar-refractivity contribution is -0.136. The van der Waals surface area contributed by atoms with Crippen LogP contribution in [0.2, 0.25) is 0 Å². The highest BCUT2D eigenvalue weighted by molar-refractivity contribution is 7.10. The van der Waals surface area contributed by atoms with Gasteiger partial charge in [0.25, 0.3) is 5.91 Å². The molecule has 3 aliphatic rings. The van der Waals surface area contributed by atoms with Crippen LogP contribution in [0.4, 0.5) is 0 Å². The molecule has 1 aromatic heterocycles. The maximum Gasteiger partial charge on any atom is 0.255 e. The first-order valence-corrected chi connectivity index (χ1v) is 10.7. The van der Waals surface area contributed by atoms with Crippen LogP contribution in [0.3, 0.4) is 0 Å². The molecule has 0 aromatic carbocycles. The van der Waals surface area contributed by atoms with Crippen LogP contribution in [0.5, 0.6) is 0 Å². The number of amides is 2. The average Bonchev–Trinajstić information content (AvgIpc) is 3.30. The van der Waals surface area contributed by atoms with E-state index < -0.39 is 0 Å². The molecule has 0 radical (unpaired) electrons. The SMILES string of the molecule is CC1CCc2c(C(=O)N3CCN(C(=O)C4CCCC4)CC3)csc2C1. The molecule has 2 aliphatic carbocycles. The van der Waals surface area contributed by atoms with Crippen LogP contribution in [0.25, 0.3) is 0 Å². The quantitative estimate of drug-likeness (QED) is 0.811. The Morgan fingerprint density at radius 3 is 2.44 bits per heavy atom. The summed E-state index contributed by atoms with van der Waals surface area (Å²) in [4.78, 5) is 30.9. The lowest BCUT2D eigenvalue weighted by Gasteiger charge is -2.36. The Morgan fingerprint density at radius 1 is 1.04 bits per heavy atom. The van der Waals surface area contributed by atoms with Gasteiger partial charge in [-0.2, -0.15) is 0 Å². The molecule has 0 bridgehead atoms. The number of hydrogen-bond donors (Lipinski definition) is 0. The first kappa shape index (κ1) is 17.1. The molecule has 1 unspecified atom stereocenters. The van der Waals surface area contributed by atoms with E-state index in [0.717, 1.165) is 37.2 Å². The van der Waals surface area contributed by atoms with Crippen molar-refractivity contribution in [3.63, 3.8) is 0 Å². The van der Waals surface area contributed by atoms with Gasteiger partial charge in [-0.3, -0.25) is 9.59 Å². The predicted octanol–water partition coefficient (Wildman–Crippen LogP) is 3.35. The van der Waals surface area contributed by atoms with Crippen LogP contribution in [0, 0.1) is 11.8 Å². The Kier molecular flexibility index (Phi) is 4.85. The number of carbonyl (C=O) groups excluding carboxylic acids is 2. The van der Waals surface area contributed by atoms with E-state index in [0.29, 0.717) is 32.1 Å². The normalized spacial score (nSPS) is 24.4. The van der Waals surface area contributed by atoms with Crippen LogP contribution >= 0.6 is 11.3 Å². The monoisotopic (exact) mass is 360 g/mol. The van der Waals surface area contributed by atoms with E-state index in [4.69, 9.17) is 0 Å². The van der Waals surface area contributed by atoms with Crippen LogP contribution in [-0.2, 0) is 17.6 Å². The minimum atomic E-state index is 0.181. The van der Waals surface area contributed by atoms with Crippen LogP contribution in [-0.4, -0.2) is 47.8 Å². The van der Waals surface area contributed by atoms with Crippen molar-refractivity contribution >= 4 is 23.2 Å². The van der Waals surface area contributed by atoms with Gasteiger partial charge >= 0.3 is 0 Å². The Morgan fingerprint density at radius 2 is 1.72 bits per heavy atom. The van der Waals surface area contributed by atoms with Crippen molar-refractivity contribution in [1.29, 1.82) is 0 Å². The van der Waals surface area contributed by atoms with Gasteiger partial charge in [0, 0.05) is 42.4 Å². The number of fused-ring (bicyclic) bond motifs is 1. The minimum absolute atomic E-state index is 0.181. The summed E-state index contributed by atoms with van der Waals surface area (Å²) >= 11 is 1.76. The van der Waals surface area contributed by atoms with E-state index >= 15 is 0 Å².